The number of rotatable bonds is 6. The highest BCUT2D eigenvalue weighted by molar-refractivity contribution is 8.27. The van der Waals surface area contributed by atoms with Crippen LogP contribution in [0.5, 0.6) is 11.5 Å². The Morgan fingerprint density at radius 2 is 2.00 bits per heavy atom. The molecule has 1 amide bonds. The zero-order valence-corrected chi connectivity index (χ0v) is 20.0. The highest BCUT2D eigenvalue weighted by Crippen LogP contribution is 2.33. The van der Waals surface area contributed by atoms with E-state index in [4.69, 9.17) is 26.5 Å². The van der Waals surface area contributed by atoms with Crippen LogP contribution in [0.2, 0.25) is 5.02 Å². The number of benzene rings is 2. The molecule has 0 aliphatic carbocycles. The van der Waals surface area contributed by atoms with Gasteiger partial charge in [0.1, 0.15) is 11.7 Å². The largest absolute Gasteiger partial charge is 0.493 e. The fourth-order valence-corrected chi connectivity index (χ4v) is 4.50. The summed E-state index contributed by atoms with van der Waals surface area (Å²) in [7, 11) is 1.54. The van der Waals surface area contributed by atoms with Crippen molar-refractivity contribution in [2.24, 2.45) is 10.1 Å². The number of halogens is 1. The van der Waals surface area contributed by atoms with Crippen molar-refractivity contribution in [2.45, 2.75) is 6.61 Å². The number of methoxy groups -OCH3 is 1. The Balaban J connectivity index is 1.38. The zero-order chi connectivity index (χ0) is 24.4. The molecule has 0 radical (unpaired) electrons. The fraction of sp³-hybridized carbons (Fsp3) is 0.0800. The lowest BCUT2D eigenvalue weighted by Gasteiger charge is -2.20. The molecule has 0 unspecified atom stereocenters. The minimum atomic E-state index is -0.505. The number of hydrogen-bond acceptors (Lipinski definition) is 7. The summed E-state index contributed by atoms with van der Waals surface area (Å²) in [5.41, 5.74) is 2.42. The van der Waals surface area contributed by atoms with Gasteiger partial charge in [0.25, 0.3) is 5.91 Å². The van der Waals surface area contributed by atoms with Crippen molar-refractivity contribution in [1.82, 2.24) is 9.99 Å². The van der Waals surface area contributed by atoms with E-state index in [0.29, 0.717) is 32.3 Å². The second kappa shape index (κ2) is 9.73. The summed E-state index contributed by atoms with van der Waals surface area (Å²) in [6.07, 6.45) is 4.94. The van der Waals surface area contributed by atoms with Crippen LogP contribution in [-0.4, -0.2) is 39.1 Å². The van der Waals surface area contributed by atoms with Crippen LogP contribution in [0.25, 0.3) is 6.08 Å². The Bertz CT molecular complexity index is 1420. The third-order valence-electron chi connectivity index (χ3n) is 5.20. The smallest absolute Gasteiger partial charge is 0.283 e. The lowest BCUT2D eigenvalue weighted by Crippen LogP contribution is -2.35. The molecule has 174 valence electrons. The standard InChI is InChI=1S/C25H18ClN5O3S/c1-33-21-12-15(8-9-20(21)34-14-17-5-2-3-7-19(17)26)11-18-22(27)31-25(29-23(18)32)35-24(30-31)16-6-4-10-28-13-16/h2-13,27H,14H2,1H3. The van der Waals surface area contributed by atoms with Gasteiger partial charge < -0.3 is 9.47 Å². The molecular formula is C25H18ClN5O3S. The molecule has 3 aromatic rings. The molecule has 5 rings (SSSR count). The van der Waals surface area contributed by atoms with E-state index in [0.717, 1.165) is 11.1 Å². The van der Waals surface area contributed by atoms with Gasteiger partial charge in [-0.2, -0.15) is 15.1 Å². The average Bonchev–Trinajstić information content (AvgIpc) is 3.31. The van der Waals surface area contributed by atoms with Crippen LogP contribution < -0.4 is 9.47 Å². The van der Waals surface area contributed by atoms with Crippen LogP contribution >= 0.6 is 23.4 Å². The predicted octanol–water partition coefficient (Wildman–Crippen LogP) is 4.99. The number of carbonyl (C=O) groups is 1. The van der Waals surface area contributed by atoms with E-state index in [-0.39, 0.29) is 18.0 Å². The maximum Gasteiger partial charge on any atom is 0.283 e. The molecular weight excluding hydrogens is 486 g/mol. The Labute approximate surface area is 210 Å². The maximum absolute atomic E-state index is 12.7. The fourth-order valence-electron chi connectivity index (χ4n) is 3.43. The van der Waals surface area contributed by atoms with E-state index in [1.165, 1.54) is 23.9 Å². The number of amidine groups is 2. The number of pyridine rings is 1. The van der Waals surface area contributed by atoms with Crippen LogP contribution in [0.1, 0.15) is 16.7 Å². The van der Waals surface area contributed by atoms with Crippen molar-refractivity contribution in [3.63, 3.8) is 0 Å². The third-order valence-corrected chi connectivity index (χ3v) is 6.53. The number of carbonyl (C=O) groups excluding carboxylic acids is 1. The molecule has 0 atom stereocenters. The minimum absolute atomic E-state index is 0.0515. The van der Waals surface area contributed by atoms with Crippen molar-refractivity contribution < 1.29 is 14.3 Å². The van der Waals surface area contributed by atoms with Crippen molar-refractivity contribution in [1.29, 1.82) is 5.41 Å². The quantitative estimate of drug-likeness (QED) is 0.476. The molecule has 0 bridgehead atoms. The summed E-state index contributed by atoms with van der Waals surface area (Å²) in [4.78, 5) is 21.0. The summed E-state index contributed by atoms with van der Waals surface area (Å²) in [6, 6.07) is 16.4. The number of ether oxygens (including phenoxy) is 2. The van der Waals surface area contributed by atoms with Crippen molar-refractivity contribution in [3.05, 3.63) is 94.3 Å². The van der Waals surface area contributed by atoms with Crippen molar-refractivity contribution in [3.8, 4) is 11.5 Å². The van der Waals surface area contributed by atoms with Crippen LogP contribution in [0.4, 0.5) is 0 Å². The molecule has 2 aliphatic heterocycles. The maximum atomic E-state index is 12.7. The Morgan fingerprint density at radius 3 is 2.77 bits per heavy atom. The minimum Gasteiger partial charge on any atom is -0.493 e. The van der Waals surface area contributed by atoms with Crippen molar-refractivity contribution in [2.75, 3.05) is 7.11 Å². The number of amides is 1. The molecule has 35 heavy (non-hydrogen) atoms. The summed E-state index contributed by atoms with van der Waals surface area (Å²) < 4.78 is 11.4. The van der Waals surface area contributed by atoms with Gasteiger partial charge in [-0.25, -0.2) is 0 Å². The Hall–Kier alpha value is -3.95. The van der Waals surface area contributed by atoms with Gasteiger partial charge in [-0.15, -0.1) is 0 Å². The van der Waals surface area contributed by atoms with Crippen LogP contribution in [-0.2, 0) is 11.4 Å². The summed E-state index contributed by atoms with van der Waals surface area (Å²) >= 11 is 7.44. The van der Waals surface area contributed by atoms with E-state index in [1.807, 2.05) is 24.3 Å². The Kier molecular flexibility index (Phi) is 6.35. The molecule has 3 heterocycles. The van der Waals surface area contributed by atoms with Crippen LogP contribution in [0, 0.1) is 5.41 Å². The highest BCUT2D eigenvalue weighted by atomic mass is 35.5. The lowest BCUT2D eigenvalue weighted by molar-refractivity contribution is -0.114. The van der Waals surface area contributed by atoms with E-state index in [2.05, 4.69) is 15.1 Å². The Morgan fingerprint density at radius 1 is 1.14 bits per heavy atom. The average molecular weight is 504 g/mol. The molecule has 8 nitrogen and oxygen atoms in total. The number of aromatic nitrogens is 1. The number of hydrazone groups is 1. The monoisotopic (exact) mass is 503 g/mol. The van der Waals surface area contributed by atoms with Gasteiger partial charge in [0.15, 0.2) is 17.3 Å². The van der Waals surface area contributed by atoms with Gasteiger partial charge in [0.05, 0.1) is 12.7 Å². The summed E-state index contributed by atoms with van der Waals surface area (Å²) in [5, 5.41) is 16.0. The number of aliphatic imine (C=N–C) groups is 1. The lowest BCUT2D eigenvalue weighted by atomic mass is 10.1. The normalized spacial score (nSPS) is 16.2. The molecule has 1 aromatic heterocycles. The van der Waals surface area contributed by atoms with Gasteiger partial charge in [0.2, 0.25) is 5.17 Å². The molecule has 0 saturated heterocycles. The topological polar surface area (TPSA) is 100 Å². The number of fused-ring (bicyclic) bond motifs is 1. The van der Waals surface area contributed by atoms with Gasteiger partial charge in [-0.05, 0) is 53.7 Å². The van der Waals surface area contributed by atoms with Gasteiger partial charge in [0, 0.05) is 28.5 Å². The highest BCUT2D eigenvalue weighted by Gasteiger charge is 2.36. The van der Waals surface area contributed by atoms with Crippen molar-refractivity contribution >= 4 is 51.4 Å². The molecule has 10 heteroatoms. The van der Waals surface area contributed by atoms with E-state index < -0.39 is 5.91 Å². The van der Waals surface area contributed by atoms with E-state index in [1.54, 1.807) is 48.8 Å². The number of nitrogens with one attached hydrogen (secondary N) is 1. The van der Waals surface area contributed by atoms with E-state index in [9.17, 15) is 4.79 Å². The SMILES string of the molecule is COc1cc(C=C2C(=N)N3N=C(c4cccnc4)SC3=NC2=O)ccc1OCc1ccccc1Cl. The number of thioether (sulfide) groups is 1. The first-order chi connectivity index (χ1) is 17.0. The van der Waals surface area contributed by atoms with Gasteiger partial charge in [-0.1, -0.05) is 35.9 Å². The second-order valence-corrected chi connectivity index (χ2v) is 8.82. The number of hydrogen-bond donors (Lipinski definition) is 1. The van der Waals surface area contributed by atoms with Gasteiger partial charge >= 0.3 is 0 Å². The van der Waals surface area contributed by atoms with Crippen LogP contribution in [0.15, 0.2) is 82.7 Å². The molecule has 0 saturated carbocycles. The molecule has 2 aliphatic rings. The first-order valence-corrected chi connectivity index (χ1v) is 11.7. The zero-order valence-electron chi connectivity index (χ0n) is 18.4. The first kappa shape index (κ1) is 22.8. The third kappa shape index (κ3) is 4.68. The summed E-state index contributed by atoms with van der Waals surface area (Å²) in [5.74, 6) is 0.458. The van der Waals surface area contributed by atoms with Gasteiger partial charge in [-0.3, -0.25) is 15.2 Å². The molecule has 1 N–H and O–H groups in total. The molecule has 0 fully saturated rings. The molecule has 0 spiro atoms. The predicted molar refractivity (Wildman–Crippen MR) is 137 cm³/mol. The molecule has 2 aromatic carbocycles. The van der Waals surface area contributed by atoms with E-state index >= 15 is 0 Å². The second-order valence-electron chi connectivity index (χ2n) is 7.46. The van der Waals surface area contributed by atoms with Crippen LogP contribution in [0.3, 0.4) is 0 Å². The number of nitrogens with zero attached hydrogens (tertiary/aromatic N) is 4. The first-order valence-electron chi connectivity index (χ1n) is 10.5. The summed E-state index contributed by atoms with van der Waals surface area (Å²) in [6.45, 7) is 0.279.